The predicted octanol–water partition coefficient (Wildman–Crippen LogP) is 2.93. The first-order chi connectivity index (χ1) is 10.0. The zero-order valence-corrected chi connectivity index (χ0v) is 13.2. The van der Waals surface area contributed by atoms with E-state index in [0.29, 0.717) is 21.3 Å². The van der Waals surface area contributed by atoms with Crippen LogP contribution in [-0.4, -0.2) is 45.0 Å². The Bertz CT molecular complexity index is 630. The Hall–Kier alpha value is -1.41. The van der Waals surface area contributed by atoms with Gasteiger partial charge in [0.1, 0.15) is 0 Å². The molecule has 0 saturated heterocycles. The van der Waals surface area contributed by atoms with Gasteiger partial charge >= 0.3 is 6.09 Å². The first-order valence-corrected chi connectivity index (χ1v) is 7.34. The fourth-order valence-electron chi connectivity index (χ4n) is 1.53. The zero-order chi connectivity index (χ0) is 15.4. The molecule has 1 aromatic heterocycles. The van der Waals surface area contributed by atoms with E-state index < -0.39 is 6.09 Å². The second-order valence-electron chi connectivity index (χ2n) is 4.03. The zero-order valence-electron chi connectivity index (χ0n) is 10.9. The summed E-state index contributed by atoms with van der Waals surface area (Å²) < 4.78 is 13.2. The molecule has 2 rings (SSSR count). The molecule has 1 heterocycles. The molecular formula is C12H11Cl2N3O3S. The molecular weight excluding hydrogens is 337 g/mol. The molecule has 0 fully saturated rings. The highest BCUT2D eigenvalue weighted by molar-refractivity contribution is 6.99. The second-order valence-corrected chi connectivity index (χ2v) is 5.37. The topological polar surface area (TPSA) is 75.5 Å². The Morgan fingerprint density at radius 1 is 1.38 bits per heavy atom. The molecule has 112 valence electrons. The third-order valence-electron chi connectivity index (χ3n) is 2.59. The Labute approximate surface area is 135 Å². The number of carbonyl (C=O) groups is 1. The van der Waals surface area contributed by atoms with Crippen LogP contribution in [-0.2, 0) is 0 Å². The van der Waals surface area contributed by atoms with E-state index in [0.717, 1.165) is 11.7 Å². The number of aromatic nitrogens is 2. The van der Waals surface area contributed by atoms with Crippen molar-refractivity contribution in [2.24, 2.45) is 0 Å². The Balaban J connectivity index is 2.29. The van der Waals surface area contributed by atoms with E-state index >= 15 is 0 Å². The molecule has 0 saturated carbocycles. The molecule has 9 heteroatoms. The van der Waals surface area contributed by atoms with Gasteiger partial charge in [0.05, 0.1) is 28.4 Å². The van der Waals surface area contributed by atoms with Crippen molar-refractivity contribution in [1.29, 1.82) is 0 Å². The van der Waals surface area contributed by atoms with Gasteiger partial charge in [0.15, 0.2) is 5.69 Å². The number of amides is 1. The summed E-state index contributed by atoms with van der Waals surface area (Å²) in [6, 6.07) is 5.02. The second kappa shape index (κ2) is 7.04. The lowest BCUT2D eigenvalue weighted by Gasteiger charge is -2.14. The molecule has 0 aliphatic heterocycles. The van der Waals surface area contributed by atoms with Crippen LogP contribution in [0.3, 0.4) is 0 Å². The van der Waals surface area contributed by atoms with Crippen LogP contribution in [0.4, 0.5) is 4.79 Å². The van der Waals surface area contributed by atoms with Gasteiger partial charge in [-0.1, -0.05) is 29.3 Å². The van der Waals surface area contributed by atoms with Crippen molar-refractivity contribution in [3.63, 3.8) is 0 Å². The predicted molar refractivity (Wildman–Crippen MR) is 81.1 cm³/mol. The molecule has 0 atom stereocenters. The Morgan fingerprint density at radius 3 is 2.67 bits per heavy atom. The Morgan fingerprint density at radius 2 is 2.05 bits per heavy atom. The van der Waals surface area contributed by atoms with Crippen LogP contribution in [0.25, 0.3) is 11.3 Å². The van der Waals surface area contributed by atoms with E-state index in [-0.39, 0.29) is 19.0 Å². The monoisotopic (exact) mass is 347 g/mol. The molecule has 6 nitrogen and oxygen atoms in total. The summed E-state index contributed by atoms with van der Waals surface area (Å²) in [5.74, 6) is 0.0322. The number of hydrogen-bond donors (Lipinski definition) is 1. The number of likely N-dealkylation sites (N-methyl/N-ethyl adjacent to an activating group) is 1. The molecule has 0 aliphatic rings. The van der Waals surface area contributed by atoms with Gasteiger partial charge in [0, 0.05) is 19.2 Å². The van der Waals surface area contributed by atoms with Crippen molar-refractivity contribution in [2.45, 2.75) is 0 Å². The lowest BCUT2D eigenvalue weighted by atomic mass is 10.1. The summed E-state index contributed by atoms with van der Waals surface area (Å²) in [5, 5.41) is 9.58. The van der Waals surface area contributed by atoms with E-state index in [9.17, 15) is 4.79 Å². The maximum absolute atomic E-state index is 11.8. The highest BCUT2D eigenvalue weighted by Gasteiger charge is 2.21. The maximum atomic E-state index is 11.8. The largest absolute Gasteiger partial charge is 0.416 e. The van der Waals surface area contributed by atoms with Crippen molar-refractivity contribution >= 4 is 41.0 Å². The van der Waals surface area contributed by atoms with Gasteiger partial charge in [0.25, 0.3) is 5.88 Å². The molecule has 1 aromatic carbocycles. The smallest absolute Gasteiger partial charge is 0.395 e. The van der Waals surface area contributed by atoms with E-state index in [2.05, 4.69) is 8.75 Å². The summed E-state index contributed by atoms with van der Waals surface area (Å²) in [6.07, 6.45) is -0.652. The van der Waals surface area contributed by atoms with Crippen LogP contribution in [0.2, 0.25) is 10.0 Å². The number of aliphatic hydroxyl groups excluding tert-OH is 1. The quantitative estimate of drug-likeness (QED) is 0.919. The highest BCUT2D eigenvalue weighted by atomic mass is 35.5. The normalized spacial score (nSPS) is 10.5. The van der Waals surface area contributed by atoms with E-state index in [1.54, 1.807) is 18.2 Å². The number of carbonyl (C=O) groups excluding carboxylic acids is 1. The van der Waals surface area contributed by atoms with E-state index in [1.807, 2.05) is 0 Å². The maximum Gasteiger partial charge on any atom is 0.416 e. The van der Waals surface area contributed by atoms with Crippen LogP contribution < -0.4 is 4.74 Å². The minimum absolute atomic E-state index is 0.0322. The molecule has 21 heavy (non-hydrogen) atoms. The van der Waals surface area contributed by atoms with Crippen molar-refractivity contribution in [1.82, 2.24) is 13.6 Å². The minimum atomic E-state index is -0.652. The van der Waals surface area contributed by atoms with Gasteiger partial charge in [0.2, 0.25) is 0 Å². The van der Waals surface area contributed by atoms with Crippen LogP contribution in [0.1, 0.15) is 0 Å². The number of aliphatic hydroxyl groups is 1. The summed E-state index contributed by atoms with van der Waals surface area (Å²) in [6.45, 7) is -0.0112. The number of halogens is 2. The average molecular weight is 348 g/mol. The molecule has 1 N–H and O–H groups in total. The minimum Gasteiger partial charge on any atom is -0.395 e. The molecule has 0 unspecified atom stereocenters. The lowest BCUT2D eigenvalue weighted by molar-refractivity contribution is 0.149. The highest BCUT2D eigenvalue weighted by Crippen LogP contribution is 2.38. The fraction of sp³-hybridized carbons (Fsp3) is 0.250. The van der Waals surface area contributed by atoms with Crippen LogP contribution in [0, 0.1) is 0 Å². The van der Waals surface area contributed by atoms with Gasteiger partial charge in [-0.25, -0.2) is 4.79 Å². The van der Waals surface area contributed by atoms with Gasteiger partial charge in [-0.05, 0) is 12.1 Å². The number of ether oxygens (including phenoxy) is 1. The average Bonchev–Trinajstić information content (AvgIpc) is 2.87. The summed E-state index contributed by atoms with van der Waals surface area (Å²) in [5.41, 5.74) is 0.767. The van der Waals surface area contributed by atoms with Gasteiger partial charge < -0.3 is 14.7 Å². The van der Waals surface area contributed by atoms with Crippen molar-refractivity contribution in [2.75, 3.05) is 20.2 Å². The van der Waals surface area contributed by atoms with E-state index in [4.69, 9.17) is 33.0 Å². The van der Waals surface area contributed by atoms with Crippen molar-refractivity contribution in [3.8, 4) is 17.1 Å². The third kappa shape index (κ3) is 3.62. The molecule has 0 spiro atoms. The van der Waals surface area contributed by atoms with Crippen LogP contribution in [0.15, 0.2) is 18.2 Å². The number of nitrogens with zero attached hydrogens (tertiary/aromatic N) is 3. The summed E-state index contributed by atoms with van der Waals surface area (Å²) >= 11 is 13.1. The Kier molecular flexibility index (Phi) is 5.35. The third-order valence-corrected chi connectivity index (χ3v) is 3.73. The first-order valence-electron chi connectivity index (χ1n) is 5.85. The molecule has 0 radical (unpaired) electrons. The van der Waals surface area contributed by atoms with Crippen molar-refractivity contribution < 1.29 is 14.6 Å². The number of hydrogen-bond acceptors (Lipinski definition) is 6. The van der Waals surface area contributed by atoms with Gasteiger partial charge in [-0.2, -0.15) is 4.37 Å². The molecule has 2 aromatic rings. The van der Waals surface area contributed by atoms with Gasteiger partial charge in [-0.15, -0.1) is 4.37 Å². The molecule has 0 bridgehead atoms. The van der Waals surface area contributed by atoms with Crippen LogP contribution >= 0.6 is 34.9 Å². The van der Waals surface area contributed by atoms with Crippen LogP contribution in [0.5, 0.6) is 5.88 Å². The van der Waals surface area contributed by atoms with Crippen molar-refractivity contribution in [3.05, 3.63) is 28.2 Å². The summed E-state index contributed by atoms with van der Waals surface area (Å²) in [7, 11) is 1.50. The fourth-order valence-corrected chi connectivity index (χ4v) is 2.59. The number of rotatable bonds is 4. The number of benzene rings is 1. The standard InChI is InChI=1S/C12H11Cl2N3O3S/c1-17(5-6-18)12(19)20-11-10(15-21-16-11)9-7(13)3-2-4-8(9)14/h2-4,18H,5-6H2,1H3. The van der Waals surface area contributed by atoms with E-state index in [1.165, 1.54) is 11.9 Å². The lowest BCUT2D eigenvalue weighted by Crippen LogP contribution is -2.32. The molecule has 0 aliphatic carbocycles. The SMILES string of the molecule is CN(CCO)C(=O)Oc1nsnc1-c1c(Cl)cccc1Cl. The van der Waals surface area contributed by atoms with Gasteiger partial charge in [-0.3, -0.25) is 0 Å². The summed E-state index contributed by atoms with van der Waals surface area (Å²) in [4.78, 5) is 13.0. The first kappa shape index (κ1) is 16.0. The molecule has 1 amide bonds.